The number of amides is 1. The number of nitrogens with one attached hydrogen (secondary N) is 1. The van der Waals surface area contributed by atoms with Gasteiger partial charge in [-0.15, -0.1) is 0 Å². The SMILES string of the molecule is Cc1ccc(F)c(NC(=O)c2ccc3ncccc3c2)c1. The summed E-state index contributed by atoms with van der Waals surface area (Å²) in [6.45, 7) is 1.84. The molecule has 2 aromatic carbocycles. The molecule has 0 radical (unpaired) electrons. The highest BCUT2D eigenvalue weighted by Crippen LogP contribution is 2.18. The average molecular weight is 280 g/mol. The number of carbonyl (C=O) groups is 1. The zero-order chi connectivity index (χ0) is 14.8. The Morgan fingerprint density at radius 1 is 1.14 bits per heavy atom. The molecule has 0 unspecified atom stereocenters. The third-order valence-electron chi connectivity index (χ3n) is 3.24. The van der Waals surface area contributed by atoms with E-state index < -0.39 is 5.82 Å². The molecule has 0 saturated heterocycles. The van der Waals surface area contributed by atoms with Gasteiger partial charge in [-0.05, 0) is 48.9 Å². The van der Waals surface area contributed by atoms with Gasteiger partial charge in [-0.2, -0.15) is 0 Å². The van der Waals surface area contributed by atoms with Crippen molar-refractivity contribution in [3.05, 3.63) is 71.7 Å². The molecule has 0 fully saturated rings. The summed E-state index contributed by atoms with van der Waals surface area (Å²) in [4.78, 5) is 16.4. The number of hydrogen-bond donors (Lipinski definition) is 1. The Morgan fingerprint density at radius 3 is 2.86 bits per heavy atom. The molecular weight excluding hydrogens is 267 g/mol. The topological polar surface area (TPSA) is 42.0 Å². The van der Waals surface area contributed by atoms with E-state index in [2.05, 4.69) is 10.3 Å². The molecule has 0 atom stereocenters. The maximum absolute atomic E-state index is 13.7. The lowest BCUT2D eigenvalue weighted by Gasteiger charge is -2.08. The van der Waals surface area contributed by atoms with Crippen molar-refractivity contribution >= 4 is 22.5 Å². The maximum atomic E-state index is 13.7. The van der Waals surface area contributed by atoms with Gasteiger partial charge in [-0.1, -0.05) is 12.1 Å². The number of rotatable bonds is 2. The van der Waals surface area contributed by atoms with Gasteiger partial charge in [0, 0.05) is 17.1 Å². The van der Waals surface area contributed by atoms with Crippen molar-refractivity contribution in [2.24, 2.45) is 0 Å². The van der Waals surface area contributed by atoms with Crippen LogP contribution in [-0.2, 0) is 0 Å². The van der Waals surface area contributed by atoms with Crippen molar-refractivity contribution < 1.29 is 9.18 Å². The number of carbonyl (C=O) groups excluding carboxylic acids is 1. The molecule has 1 amide bonds. The summed E-state index contributed by atoms with van der Waals surface area (Å²) in [7, 11) is 0. The number of fused-ring (bicyclic) bond motifs is 1. The molecular formula is C17H13FN2O. The minimum atomic E-state index is -0.448. The van der Waals surface area contributed by atoms with Crippen molar-refractivity contribution in [1.82, 2.24) is 4.98 Å². The van der Waals surface area contributed by atoms with E-state index in [4.69, 9.17) is 0 Å². The number of aromatic nitrogens is 1. The monoisotopic (exact) mass is 280 g/mol. The number of nitrogens with zero attached hydrogens (tertiary/aromatic N) is 1. The lowest BCUT2D eigenvalue weighted by molar-refractivity contribution is 0.102. The van der Waals surface area contributed by atoms with Gasteiger partial charge in [0.1, 0.15) is 5.82 Å². The number of aryl methyl sites for hydroxylation is 1. The van der Waals surface area contributed by atoms with Crippen LogP contribution in [0.4, 0.5) is 10.1 Å². The predicted molar refractivity (Wildman–Crippen MR) is 80.8 cm³/mol. The molecule has 104 valence electrons. The minimum Gasteiger partial charge on any atom is -0.319 e. The first-order chi connectivity index (χ1) is 10.1. The Morgan fingerprint density at radius 2 is 2.00 bits per heavy atom. The van der Waals surface area contributed by atoms with E-state index in [-0.39, 0.29) is 11.6 Å². The number of pyridine rings is 1. The molecule has 3 aromatic rings. The van der Waals surface area contributed by atoms with Crippen LogP contribution in [0.2, 0.25) is 0 Å². The van der Waals surface area contributed by atoms with E-state index >= 15 is 0 Å². The van der Waals surface area contributed by atoms with Crippen LogP contribution in [0, 0.1) is 12.7 Å². The van der Waals surface area contributed by atoms with Crippen molar-refractivity contribution in [2.45, 2.75) is 6.92 Å². The van der Waals surface area contributed by atoms with Gasteiger partial charge in [-0.25, -0.2) is 4.39 Å². The van der Waals surface area contributed by atoms with Crippen LogP contribution in [0.15, 0.2) is 54.7 Å². The van der Waals surface area contributed by atoms with E-state index in [1.807, 2.05) is 19.1 Å². The Hall–Kier alpha value is -2.75. The lowest BCUT2D eigenvalue weighted by Crippen LogP contribution is -2.13. The Labute approximate surface area is 121 Å². The van der Waals surface area contributed by atoms with Gasteiger partial charge in [0.15, 0.2) is 0 Å². The normalized spacial score (nSPS) is 10.6. The fraction of sp³-hybridized carbons (Fsp3) is 0.0588. The molecule has 0 saturated carbocycles. The molecule has 0 bridgehead atoms. The largest absolute Gasteiger partial charge is 0.319 e. The fourth-order valence-electron chi connectivity index (χ4n) is 2.15. The first-order valence-corrected chi connectivity index (χ1v) is 6.56. The van der Waals surface area contributed by atoms with Gasteiger partial charge in [0.25, 0.3) is 5.91 Å². The first kappa shape index (κ1) is 13.2. The molecule has 1 N–H and O–H groups in total. The number of anilines is 1. The zero-order valence-electron chi connectivity index (χ0n) is 11.4. The molecule has 3 nitrogen and oxygen atoms in total. The summed E-state index contributed by atoms with van der Waals surface area (Å²) in [6.07, 6.45) is 1.70. The minimum absolute atomic E-state index is 0.186. The third-order valence-corrected chi connectivity index (χ3v) is 3.24. The Bertz CT molecular complexity index is 830. The summed E-state index contributed by atoms with van der Waals surface area (Å²) in [5.41, 5.74) is 2.35. The van der Waals surface area contributed by atoms with Crippen LogP contribution >= 0.6 is 0 Å². The summed E-state index contributed by atoms with van der Waals surface area (Å²) in [6, 6.07) is 13.5. The van der Waals surface area contributed by atoms with Gasteiger partial charge in [0.05, 0.1) is 11.2 Å². The van der Waals surface area contributed by atoms with E-state index in [0.717, 1.165) is 16.5 Å². The van der Waals surface area contributed by atoms with Crippen LogP contribution in [0.5, 0.6) is 0 Å². The zero-order valence-corrected chi connectivity index (χ0v) is 11.4. The molecule has 0 aliphatic heterocycles. The third kappa shape index (κ3) is 2.74. The highest BCUT2D eigenvalue weighted by molar-refractivity contribution is 6.06. The van der Waals surface area contributed by atoms with Gasteiger partial charge < -0.3 is 5.32 Å². The van der Waals surface area contributed by atoms with Crippen molar-refractivity contribution in [2.75, 3.05) is 5.32 Å². The Balaban J connectivity index is 1.91. The van der Waals surface area contributed by atoms with Crippen LogP contribution in [0.1, 0.15) is 15.9 Å². The van der Waals surface area contributed by atoms with Gasteiger partial charge in [-0.3, -0.25) is 9.78 Å². The highest BCUT2D eigenvalue weighted by Gasteiger charge is 2.10. The Kier molecular flexibility index (Phi) is 3.36. The second kappa shape index (κ2) is 5.32. The first-order valence-electron chi connectivity index (χ1n) is 6.56. The quantitative estimate of drug-likeness (QED) is 0.772. The fourth-order valence-corrected chi connectivity index (χ4v) is 2.15. The molecule has 4 heteroatoms. The van der Waals surface area contributed by atoms with Gasteiger partial charge in [0.2, 0.25) is 0 Å². The average Bonchev–Trinajstić information content (AvgIpc) is 2.50. The van der Waals surface area contributed by atoms with Crippen molar-refractivity contribution in [3.63, 3.8) is 0 Å². The van der Waals surface area contributed by atoms with Crippen LogP contribution in [0.3, 0.4) is 0 Å². The van der Waals surface area contributed by atoms with Crippen LogP contribution in [0.25, 0.3) is 10.9 Å². The van der Waals surface area contributed by atoms with E-state index in [9.17, 15) is 9.18 Å². The van der Waals surface area contributed by atoms with Crippen molar-refractivity contribution in [1.29, 1.82) is 0 Å². The lowest BCUT2D eigenvalue weighted by atomic mass is 10.1. The number of halogens is 1. The second-order valence-corrected chi connectivity index (χ2v) is 4.85. The van der Waals surface area contributed by atoms with Crippen LogP contribution in [-0.4, -0.2) is 10.9 Å². The number of benzene rings is 2. The highest BCUT2D eigenvalue weighted by atomic mass is 19.1. The summed E-state index contributed by atoms with van der Waals surface area (Å²) >= 11 is 0. The number of hydrogen-bond acceptors (Lipinski definition) is 2. The van der Waals surface area contributed by atoms with E-state index in [0.29, 0.717) is 5.56 Å². The van der Waals surface area contributed by atoms with Gasteiger partial charge >= 0.3 is 0 Å². The molecule has 3 rings (SSSR count). The molecule has 1 aromatic heterocycles. The smallest absolute Gasteiger partial charge is 0.255 e. The molecule has 0 aliphatic rings. The molecule has 0 aliphatic carbocycles. The summed E-state index contributed by atoms with van der Waals surface area (Å²) in [5, 5.41) is 3.47. The molecule has 0 spiro atoms. The van der Waals surface area contributed by atoms with E-state index in [1.165, 1.54) is 6.07 Å². The molecule has 21 heavy (non-hydrogen) atoms. The van der Waals surface area contributed by atoms with Crippen LogP contribution < -0.4 is 5.32 Å². The second-order valence-electron chi connectivity index (χ2n) is 4.85. The van der Waals surface area contributed by atoms with Crippen molar-refractivity contribution in [3.8, 4) is 0 Å². The summed E-state index contributed by atoms with van der Waals surface area (Å²) < 4.78 is 13.7. The predicted octanol–water partition coefficient (Wildman–Crippen LogP) is 3.93. The van der Waals surface area contributed by atoms with E-state index in [1.54, 1.807) is 36.5 Å². The summed E-state index contributed by atoms with van der Waals surface area (Å²) in [5.74, 6) is -0.790. The maximum Gasteiger partial charge on any atom is 0.255 e. The standard InChI is InChI=1S/C17H13FN2O/c1-11-4-6-14(18)16(9-11)20-17(21)13-5-7-15-12(10-13)3-2-8-19-15/h2-10H,1H3,(H,20,21). The molecule has 1 heterocycles.